The van der Waals surface area contributed by atoms with E-state index >= 15 is 0 Å². The summed E-state index contributed by atoms with van der Waals surface area (Å²) in [4.78, 5) is 0. The van der Waals surface area contributed by atoms with Crippen molar-refractivity contribution in [1.29, 1.82) is 0 Å². The van der Waals surface area contributed by atoms with E-state index in [-0.39, 0.29) is 50.7 Å². The van der Waals surface area contributed by atoms with Crippen LogP contribution in [0.3, 0.4) is 0 Å². The summed E-state index contributed by atoms with van der Waals surface area (Å²) in [5.74, 6) is 0.918. The van der Waals surface area contributed by atoms with Crippen molar-refractivity contribution in [3.63, 3.8) is 0 Å². The maximum absolute atomic E-state index is 2.99. The van der Waals surface area contributed by atoms with Gasteiger partial charge in [0.15, 0.2) is 0 Å². The van der Waals surface area contributed by atoms with E-state index in [1.165, 1.54) is 38.5 Å². The molecular formula is C21H30Cl2HfSi. The minimum absolute atomic E-state index is 0. The monoisotopic (exact) mass is 560 g/mol. The van der Waals surface area contributed by atoms with E-state index in [0.717, 1.165) is 12.3 Å². The summed E-state index contributed by atoms with van der Waals surface area (Å²) in [5, 5.41) is 0. The van der Waals surface area contributed by atoms with Gasteiger partial charge in [-0.3, -0.25) is 6.08 Å². The number of fused-ring (bicyclic) bond motifs is 1. The van der Waals surface area contributed by atoms with Crippen LogP contribution in [0.15, 0.2) is 42.0 Å². The van der Waals surface area contributed by atoms with Crippen LogP contribution in [0, 0.1) is 17.5 Å². The molecule has 4 aliphatic rings. The minimum Gasteiger partial charge on any atom is -1.00 e. The number of hydrogen-bond acceptors (Lipinski definition) is 0. The first kappa shape index (κ1) is 25.5. The molecule has 3 aliphatic carbocycles. The van der Waals surface area contributed by atoms with Gasteiger partial charge in [0.2, 0.25) is 0 Å². The second-order valence-corrected chi connectivity index (χ2v) is 11.9. The van der Waals surface area contributed by atoms with Crippen molar-refractivity contribution in [2.24, 2.45) is 5.92 Å². The van der Waals surface area contributed by atoms with Crippen molar-refractivity contribution in [3.05, 3.63) is 53.6 Å². The van der Waals surface area contributed by atoms with Gasteiger partial charge in [-0.1, -0.05) is 57.2 Å². The van der Waals surface area contributed by atoms with Gasteiger partial charge in [-0.15, -0.1) is 18.6 Å². The molecule has 0 radical (unpaired) electrons. The van der Waals surface area contributed by atoms with Crippen LogP contribution in [0.25, 0.3) is 0 Å². The van der Waals surface area contributed by atoms with Crippen LogP contribution < -0.4 is 24.8 Å². The average Bonchev–Trinajstić information content (AvgIpc) is 3.20. The second-order valence-electron chi connectivity index (χ2n) is 7.24. The summed E-state index contributed by atoms with van der Waals surface area (Å²) in [7, 11) is -0.924. The predicted molar refractivity (Wildman–Crippen MR) is 99.1 cm³/mol. The molecule has 1 atom stereocenters. The Balaban J connectivity index is 0.000000630. The molecule has 1 aliphatic heterocycles. The Labute approximate surface area is 187 Å². The molecule has 0 aromatic carbocycles. The number of unbranched alkanes of at least 4 members (excludes halogenated alkanes) is 1. The molecule has 25 heavy (non-hydrogen) atoms. The summed E-state index contributed by atoms with van der Waals surface area (Å²) < 4.78 is 0. The number of rotatable bonds is 4. The molecule has 0 spiro atoms. The molecule has 1 heterocycles. The van der Waals surface area contributed by atoms with Gasteiger partial charge in [0.05, 0.1) is 0 Å². The first-order chi connectivity index (χ1) is 10.9. The minimum atomic E-state index is -0.924. The first-order valence-corrected chi connectivity index (χ1v) is 11.9. The molecule has 1 saturated carbocycles. The molecule has 0 nitrogen and oxygen atoms in total. The van der Waals surface area contributed by atoms with Crippen LogP contribution in [0.4, 0.5) is 0 Å². The number of halogens is 2. The van der Waals surface area contributed by atoms with Crippen LogP contribution in [0.1, 0.15) is 51.9 Å². The third-order valence-electron chi connectivity index (χ3n) is 5.91. The largest absolute Gasteiger partial charge is 4.00 e. The SMILES string of the molecule is CCCC[Si]1([C-]2CCC3CC=CC=C23)CCC1.[C-]1=CC=CC1.[Cl-].[Cl-].[Hf+4]. The quantitative estimate of drug-likeness (QED) is 0.345. The van der Waals surface area contributed by atoms with Crippen LogP contribution in [-0.4, -0.2) is 8.07 Å². The van der Waals surface area contributed by atoms with Crippen LogP contribution >= 0.6 is 0 Å². The molecule has 0 bridgehead atoms. The van der Waals surface area contributed by atoms with E-state index in [9.17, 15) is 0 Å². The van der Waals surface area contributed by atoms with Crippen LogP contribution in [0.2, 0.25) is 18.1 Å². The van der Waals surface area contributed by atoms with Crippen molar-refractivity contribution in [3.8, 4) is 0 Å². The van der Waals surface area contributed by atoms with Crippen molar-refractivity contribution >= 4 is 8.07 Å². The van der Waals surface area contributed by atoms with Gasteiger partial charge in [0, 0.05) is 0 Å². The zero-order valence-corrected chi connectivity index (χ0v) is 21.5. The Hall–Kier alpha value is 0.497. The Kier molecular flexibility index (Phi) is 13.1. The summed E-state index contributed by atoms with van der Waals surface area (Å²) >= 11 is 0. The van der Waals surface area contributed by atoms with Crippen molar-refractivity contribution in [1.82, 2.24) is 0 Å². The Bertz CT molecular complexity index is 482. The molecule has 0 aromatic heterocycles. The predicted octanol–water partition coefficient (Wildman–Crippen LogP) is 0.360. The number of hydrogen-bond donors (Lipinski definition) is 0. The first-order valence-electron chi connectivity index (χ1n) is 9.31. The van der Waals surface area contributed by atoms with E-state index in [1.54, 1.807) is 18.1 Å². The molecule has 0 aromatic rings. The molecule has 2 fully saturated rings. The average molecular weight is 560 g/mol. The Morgan fingerprint density at radius 2 is 2.00 bits per heavy atom. The van der Waals surface area contributed by atoms with Crippen LogP contribution in [-0.2, 0) is 25.8 Å². The fourth-order valence-corrected chi connectivity index (χ4v) is 9.71. The topological polar surface area (TPSA) is 0 Å². The van der Waals surface area contributed by atoms with Gasteiger partial charge in [0.1, 0.15) is 0 Å². The standard InChI is InChI=1S/C16H25Si.C5H5.2ClH.Hf/c1-2-3-11-17(12-6-13-17)16-10-9-14-7-4-5-8-15(14)16;1-2-4-5-3-1;;;/h4-5,8,14H,2-3,6-7,9-13H2,1H3;1-3H,4H2;2*1H;/q2*-1;;;+4/p-2. The van der Waals surface area contributed by atoms with E-state index in [2.05, 4.69) is 37.3 Å². The van der Waals surface area contributed by atoms with E-state index in [0.29, 0.717) is 0 Å². The molecule has 136 valence electrons. The van der Waals surface area contributed by atoms with E-state index in [4.69, 9.17) is 0 Å². The van der Waals surface area contributed by atoms with Crippen molar-refractivity contribution in [2.75, 3.05) is 0 Å². The number of allylic oxidation sites excluding steroid dienone is 8. The summed E-state index contributed by atoms with van der Waals surface area (Å²) in [6.07, 6.45) is 25.8. The molecule has 0 amide bonds. The second kappa shape index (κ2) is 12.8. The third-order valence-corrected chi connectivity index (χ3v) is 11.7. The maximum Gasteiger partial charge on any atom is 4.00 e. The van der Waals surface area contributed by atoms with Gasteiger partial charge in [-0.05, 0) is 20.4 Å². The van der Waals surface area contributed by atoms with Crippen molar-refractivity contribution in [2.45, 2.75) is 70.0 Å². The van der Waals surface area contributed by atoms with E-state index < -0.39 is 8.07 Å². The van der Waals surface area contributed by atoms with Crippen molar-refractivity contribution < 1.29 is 50.7 Å². The summed E-state index contributed by atoms with van der Waals surface area (Å²) in [6, 6.07) is 4.85. The molecule has 0 N–H and O–H groups in total. The van der Waals surface area contributed by atoms with Gasteiger partial charge >= 0.3 is 25.8 Å². The fraction of sp³-hybridized carbons (Fsp3) is 0.571. The molecule has 1 saturated heterocycles. The van der Waals surface area contributed by atoms with Gasteiger partial charge < -0.3 is 24.8 Å². The summed E-state index contributed by atoms with van der Waals surface area (Å²) in [6.45, 7) is 2.35. The third kappa shape index (κ3) is 6.26. The maximum atomic E-state index is 2.99. The van der Waals surface area contributed by atoms with Gasteiger partial charge in [-0.2, -0.15) is 6.08 Å². The molecular weight excluding hydrogens is 530 g/mol. The van der Waals surface area contributed by atoms with Gasteiger partial charge in [-0.25, -0.2) is 29.3 Å². The van der Waals surface area contributed by atoms with Gasteiger partial charge in [0.25, 0.3) is 0 Å². The molecule has 4 rings (SSSR count). The molecule has 4 heteroatoms. The zero-order chi connectivity index (χ0) is 15.3. The zero-order valence-electron chi connectivity index (χ0n) is 15.4. The van der Waals surface area contributed by atoms with Crippen LogP contribution in [0.5, 0.6) is 0 Å². The smallest absolute Gasteiger partial charge is 1.00 e. The fourth-order valence-electron chi connectivity index (χ4n) is 4.49. The Morgan fingerprint density at radius 1 is 1.20 bits per heavy atom. The Morgan fingerprint density at radius 3 is 2.52 bits per heavy atom. The van der Waals surface area contributed by atoms with E-state index in [1.807, 2.05) is 23.3 Å². The molecule has 1 unspecified atom stereocenters. The normalized spacial score (nSPS) is 23.8. The summed E-state index contributed by atoms with van der Waals surface area (Å²) in [5.41, 5.74) is 3.83.